The lowest BCUT2D eigenvalue weighted by Crippen LogP contribution is -2.33. The number of benzene rings is 1. The van der Waals surface area contributed by atoms with Gasteiger partial charge in [0.15, 0.2) is 0 Å². The lowest BCUT2D eigenvalue weighted by atomic mass is 10.00. The molecule has 1 aromatic rings. The molecule has 1 atom stereocenters. The Morgan fingerprint density at radius 1 is 1.33 bits per heavy atom. The molecule has 1 aliphatic heterocycles. The van der Waals surface area contributed by atoms with Gasteiger partial charge < -0.3 is 15.7 Å². The molecule has 1 aliphatic rings. The minimum Gasteiger partial charge on any atom is -0.508 e. The van der Waals surface area contributed by atoms with Gasteiger partial charge in [-0.05, 0) is 56.1 Å². The Kier molecular flexibility index (Phi) is 3.45. The number of aromatic hydroxyl groups is 1. The average Bonchev–Trinajstić information content (AvgIpc) is 2.30. The van der Waals surface area contributed by atoms with Crippen LogP contribution < -0.4 is 10.6 Å². The number of piperidine rings is 1. The molecular formula is C12H18N2O. The molecule has 0 amide bonds. The van der Waals surface area contributed by atoms with E-state index in [1.807, 2.05) is 12.1 Å². The van der Waals surface area contributed by atoms with Gasteiger partial charge in [0.2, 0.25) is 0 Å². The smallest absolute Gasteiger partial charge is 0.115 e. The number of anilines is 1. The third kappa shape index (κ3) is 3.13. The molecule has 1 saturated heterocycles. The monoisotopic (exact) mass is 206 g/mol. The molecule has 0 radical (unpaired) electrons. The predicted molar refractivity (Wildman–Crippen MR) is 62.2 cm³/mol. The van der Waals surface area contributed by atoms with Crippen LogP contribution in [0.2, 0.25) is 0 Å². The molecule has 1 heterocycles. The zero-order chi connectivity index (χ0) is 10.5. The maximum absolute atomic E-state index is 9.14. The standard InChI is InChI=1S/C12H18N2O/c15-12-5-3-11(4-6-12)14-9-10-2-1-7-13-8-10/h3-6,10,13-15H,1-2,7-9H2. The molecule has 1 unspecified atom stereocenters. The zero-order valence-corrected chi connectivity index (χ0v) is 8.87. The Hall–Kier alpha value is -1.22. The molecular weight excluding hydrogens is 188 g/mol. The molecule has 3 heteroatoms. The summed E-state index contributed by atoms with van der Waals surface area (Å²) in [6, 6.07) is 7.24. The van der Waals surface area contributed by atoms with E-state index < -0.39 is 0 Å². The van der Waals surface area contributed by atoms with Crippen molar-refractivity contribution in [1.82, 2.24) is 5.32 Å². The lowest BCUT2D eigenvalue weighted by molar-refractivity contribution is 0.393. The molecule has 0 saturated carbocycles. The van der Waals surface area contributed by atoms with Crippen molar-refractivity contribution >= 4 is 5.69 Å². The van der Waals surface area contributed by atoms with Crippen molar-refractivity contribution in [3.63, 3.8) is 0 Å². The van der Waals surface area contributed by atoms with Crippen LogP contribution >= 0.6 is 0 Å². The van der Waals surface area contributed by atoms with E-state index in [9.17, 15) is 0 Å². The molecule has 2 rings (SSSR count). The molecule has 3 nitrogen and oxygen atoms in total. The molecule has 0 aliphatic carbocycles. The highest BCUT2D eigenvalue weighted by molar-refractivity contribution is 5.45. The number of hydrogen-bond donors (Lipinski definition) is 3. The Balaban J connectivity index is 1.79. The van der Waals surface area contributed by atoms with E-state index in [-0.39, 0.29) is 0 Å². The first kappa shape index (κ1) is 10.3. The van der Waals surface area contributed by atoms with Gasteiger partial charge in [0.25, 0.3) is 0 Å². The summed E-state index contributed by atoms with van der Waals surface area (Å²) in [6.07, 6.45) is 2.58. The molecule has 0 bridgehead atoms. The van der Waals surface area contributed by atoms with Crippen molar-refractivity contribution in [1.29, 1.82) is 0 Å². The number of hydrogen-bond acceptors (Lipinski definition) is 3. The van der Waals surface area contributed by atoms with Crippen molar-refractivity contribution in [3.8, 4) is 5.75 Å². The maximum Gasteiger partial charge on any atom is 0.115 e. The number of nitrogens with one attached hydrogen (secondary N) is 2. The molecule has 0 aromatic heterocycles. The highest BCUT2D eigenvalue weighted by Gasteiger charge is 2.11. The van der Waals surface area contributed by atoms with Gasteiger partial charge in [0, 0.05) is 12.2 Å². The van der Waals surface area contributed by atoms with Crippen molar-refractivity contribution in [2.24, 2.45) is 5.92 Å². The Morgan fingerprint density at radius 2 is 2.13 bits per heavy atom. The Bertz CT molecular complexity index is 291. The largest absolute Gasteiger partial charge is 0.508 e. The fraction of sp³-hybridized carbons (Fsp3) is 0.500. The van der Waals surface area contributed by atoms with Crippen molar-refractivity contribution < 1.29 is 5.11 Å². The second-order valence-electron chi connectivity index (χ2n) is 4.14. The van der Waals surface area contributed by atoms with Crippen LogP contribution in [0.15, 0.2) is 24.3 Å². The average molecular weight is 206 g/mol. The third-order valence-corrected chi connectivity index (χ3v) is 2.86. The van der Waals surface area contributed by atoms with E-state index in [1.54, 1.807) is 12.1 Å². The fourth-order valence-corrected chi connectivity index (χ4v) is 1.94. The summed E-state index contributed by atoms with van der Waals surface area (Å²) in [6.45, 7) is 3.29. The van der Waals surface area contributed by atoms with E-state index in [1.165, 1.54) is 12.8 Å². The highest BCUT2D eigenvalue weighted by atomic mass is 16.3. The predicted octanol–water partition coefficient (Wildman–Crippen LogP) is 1.80. The lowest BCUT2D eigenvalue weighted by Gasteiger charge is -2.23. The summed E-state index contributed by atoms with van der Waals surface area (Å²) in [7, 11) is 0. The van der Waals surface area contributed by atoms with Crippen molar-refractivity contribution in [2.75, 3.05) is 25.0 Å². The van der Waals surface area contributed by atoms with E-state index in [4.69, 9.17) is 5.11 Å². The first-order valence-corrected chi connectivity index (χ1v) is 5.58. The first-order chi connectivity index (χ1) is 7.34. The van der Waals surface area contributed by atoms with E-state index in [2.05, 4.69) is 10.6 Å². The van der Waals surface area contributed by atoms with Crippen LogP contribution in [-0.4, -0.2) is 24.7 Å². The van der Waals surface area contributed by atoms with Crippen LogP contribution in [0.4, 0.5) is 5.69 Å². The van der Waals surface area contributed by atoms with E-state index in [0.717, 1.165) is 31.2 Å². The van der Waals surface area contributed by atoms with Crippen LogP contribution in [0.25, 0.3) is 0 Å². The van der Waals surface area contributed by atoms with Crippen molar-refractivity contribution in [2.45, 2.75) is 12.8 Å². The van der Waals surface area contributed by atoms with Gasteiger partial charge in [-0.2, -0.15) is 0 Å². The quantitative estimate of drug-likeness (QED) is 0.661. The fourth-order valence-electron chi connectivity index (χ4n) is 1.94. The van der Waals surface area contributed by atoms with Crippen LogP contribution in [0, 0.1) is 5.92 Å². The van der Waals surface area contributed by atoms with Gasteiger partial charge >= 0.3 is 0 Å². The summed E-state index contributed by atoms with van der Waals surface area (Å²) < 4.78 is 0. The molecule has 1 aromatic carbocycles. The molecule has 3 N–H and O–H groups in total. The van der Waals surface area contributed by atoms with Gasteiger partial charge in [0.05, 0.1) is 0 Å². The van der Waals surface area contributed by atoms with Gasteiger partial charge in [-0.15, -0.1) is 0 Å². The zero-order valence-electron chi connectivity index (χ0n) is 8.87. The van der Waals surface area contributed by atoms with Gasteiger partial charge in [-0.1, -0.05) is 0 Å². The summed E-state index contributed by atoms with van der Waals surface area (Å²) in [4.78, 5) is 0. The van der Waals surface area contributed by atoms with Crippen LogP contribution in [0.1, 0.15) is 12.8 Å². The number of rotatable bonds is 3. The van der Waals surface area contributed by atoms with E-state index >= 15 is 0 Å². The minimum absolute atomic E-state index is 0.319. The summed E-state index contributed by atoms with van der Waals surface area (Å²) in [5.41, 5.74) is 1.08. The van der Waals surface area contributed by atoms with Gasteiger partial charge in [0.1, 0.15) is 5.75 Å². The summed E-state index contributed by atoms with van der Waals surface area (Å²) in [5.74, 6) is 1.05. The van der Waals surface area contributed by atoms with Crippen molar-refractivity contribution in [3.05, 3.63) is 24.3 Å². The molecule has 15 heavy (non-hydrogen) atoms. The molecule has 1 fully saturated rings. The Morgan fingerprint density at radius 3 is 2.80 bits per heavy atom. The van der Waals surface area contributed by atoms with E-state index in [0.29, 0.717) is 5.75 Å². The SMILES string of the molecule is Oc1ccc(NCC2CCCNC2)cc1. The van der Waals surface area contributed by atoms with Crippen LogP contribution in [0.5, 0.6) is 5.75 Å². The van der Waals surface area contributed by atoms with Gasteiger partial charge in [-0.3, -0.25) is 0 Å². The van der Waals surface area contributed by atoms with Crippen LogP contribution in [-0.2, 0) is 0 Å². The first-order valence-electron chi connectivity index (χ1n) is 5.58. The topological polar surface area (TPSA) is 44.3 Å². The maximum atomic E-state index is 9.14. The Labute approximate surface area is 90.5 Å². The minimum atomic E-state index is 0.319. The molecule has 0 spiro atoms. The third-order valence-electron chi connectivity index (χ3n) is 2.86. The second kappa shape index (κ2) is 5.03. The second-order valence-corrected chi connectivity index (χ2v) is 4.14. The number of phenolic OH excluding ortho intramolecular Hbond substituents is 1. The summed E-state index contributed by atoms with van der Waals surface area (Å²) in [5, 5.41) is 15.9. The van der Waals surface area contributed by atoms with Gasteiger partial charge in [-0.25, -0.2) is 0 Å². The molecule has 82 valence electrons. The normalized spacial score (nSPS) is 21.2. The highest BCUT2D eigenvalue weighted by Crippen LogP contribution is 2.15. The number of phenols is 1. The van der Waals surface area contributed by atoms with Crippen LogP contribution in [0.3, 0.4) is 0 Å². The summed E-state index contributed by atoms with van der Waals surface area (Å²) >= 11 is 0.